The second kappa shape index (κ2) is 2.22. The molecule has 1 heteroatoms. The molecule has 1 aliphatic carbocycles. The summed E-state index contributed by atoms with van der Waals surface area (Å²) in [5, 5.41) is 0. The molecule has 1 aliphatic rings. The van der Waals surface area contributed by atoms with Crippen LogP contribution < -0.4 is 0 Å². The van der Waals surface area contributed by atoms with Gasteiger partial charge in [0.1, 0.15) is 6.29 Å². The molecule has 56 valence electrons. The number of allylic oxidation sites excluding steroid dienone is 2. The van der Waals surface area contributed by atoms with Crippen LogP contribution in [0.25, 0.3) is 0 Å². The minimum atomic E-state index is 0.230. The van der Waals surface area contributed by atoms with Gasteiger partial charge in [-0.3, -0.25) is 0 Å². The molecule has 0 saturated heterocycles. The fraction of sp³-hybridized carbons (Fsp3) is 0.667. The van der Waals surface area contributed by atoms with Gasteiger partial charge in [-0.15, -0.1) is 0 Å². The third-order valence-corrected chi connectivity index (χ3v) is 2.54. The zero-order valence-electron chi connectivity index (χ0n) is 6.79. The summed E-state index contributed by atoms with van der Waals surface area (Å²) < 4.78 is 0. The Labute approximate surface area is 62.1 Å². The summed E-state index contributed by atoms with van der Waals surface area (Å²) in [6, 6.07) is 0. The van der Waals surface area contributed by atoms with Crippen molar-refractivity contribution in [3.8, 4) is 0 Å². The number of carbonyl (C=O) groups excluding carboxylic acids is 1. The highest BCUT2D eigenvalue weighted by Gasteiger charge is 2.55. The molecular formula is C9H14O. The molecule has 2 atom stereocenters. The van der Waals surface area contributed by atoms with E-state index in [1.54, 1.807) is 0 Å². The average Bonchev–Trinajstić information content (AvgIpc) is 2.36. The van der Waals surface area contributed by atoms with Crippen molar-refractivity contribution in [2.75, 3.05) is 0 Å². The van der Waals surface area contributed by atoms with E-state index in [0.717, 1.165) is 6.29 Å². The molecule has 0 amide bonds. The Hall–Kier alpha value is -0.590. The van der Waals surface area contributed by atoms with Crippen LogP contribution in [-0.4, -0.2) is 6.29 Å². The van der Waals surface area contributed by atoms with E-state index in [9.17, 15) is 4.79 Å². The van der Waals surface area contributed by atoms with Crippen LogP contribution >= 0.6 is 0 Å². The van der Waals surface area contributed by atoms with E-state index < -0.39 is 0 Å². The maximum absolute atomic E-state index is 10.4. The van der Waals surface area contributed by atoms with Gasteiger partial charge in [0.15, 0.2) is 0 Å². The minimum Gasteiger partial charge on any atom is -0.303 e. The first-order chi connectivity index (χ1) is 4.64. The van der Waals surface area contributed by atoms with Crippen LogP contribution in [0.4, 0.5) is 0 Å². The molecule has 0 aromatic heterocycles. The standard InChI is InChI=1S/C9H14O/c1-4-5-7-8(6-10)9(7,2)3/h4-8H,1-3H3/t7-,8-/m0/s1. The van der Waals surface area contributed by atoms with Gasteiger partial charge in [0.2, 0.25) is 0 Å². The lowest BCUT2D eigenvalue weighted by molar-refractivity contribution is -0.109. The highest BCUT2D eigenvalue weighted by Crippen LogP contribution is 2.57. The molecule has 1 rings (SSSR count). The molecule has 0 N–H and O–H groups in total. The number of carbonyl (C=O) groups is 1. The van der Waals surface area contributed by atoms with Gasteiger partial charge in [0.25, 0.3) is 0 Å². The molecule has 1 nitrogen and oxygen atoms in total. The Morgan fingerprint density at radius 3 is 2.20 bits per heavy atom. The molecule has 0 aromatic rings. The minimum absolute atomic E-state index is 0.230. The molecule has 10 heavy (non-hydrogen) atoms. The highest BCUT2D eigenvalue weighted by molar-refractivity contribution is 5.62. The van der Waals surface area contributed by atoms with E-state index >= 15 is 0 Å². The van der Waals surface area contributed by atoms with Crippen LogP contribution in [-0.2, 0) is 4.79 Å². The molecule has 0 spiro atoms. The zero-order valence-corrected chi connectivity index (χ0v) is 6.79. The van der Waals surface area contributed by atoms with Crippen LogP contribution in [0.2, 0.25) is 0 Å². The normalized spacial score (nSPS) is 36.3. The van der Waals surface area contributed by atoms with Gasteiger partial charge >= 0.3 is 0 Å². The Bertz CT molecular complexity index is 168. The van der Waals surface area contributed by atoms with E-state index in [1.165, 1.54) is 0 Å². The molecular weight excluding hydrogens is 124 g/mol. The van der Waals surface area contributed by atoms with Gasteiger partial charge in [-0.25, -0.2) is 0 Å². The lowest BCUT2D eigenvalue weighted by Gasteiger charge is -1.94. The van der Waals surface area contributed by atoms with Crippen molar-refractivity contribution in [1.82, 2.24) is 0 Å². The molecule has 0 bridgehead atoms. The first kappa shape index (κ1) is 7.52. The van der Waals surface area contributed by atoms with Gasteiger partial charge in [0.05, 0.1) is 0 Å². The second-order valence-electron chi connectivity index (χ2n) is 3.53. The fourth-order valence-electron chi connectivity index (χ4n) is 1.55. The zero-order chi connectivity index (χ0) is 7.78. The number of hydrogen-bond acceptors (Lipinski definition) is 1. The first-order valence-corrected chi connectivity index (χ1v) is 3.72. The van der Waals surface area contributed by atoms with Crippen molar-refractivity contribution in [1.29, 1.82) is 0 Å². The van der Waals surface area contributed by atoms with Crippen molar-refractivity contribution in [3.63, 3.8) is 0 Å². The highest BCUT2D eigenvalue weighted by atomic mass is 16.1. The number of hydrogen-bond donors (Lipinski definition) is 0. The summed E-state index contributed by atoms with van der Waals surface area (Å²) >= 11 is 0. The van der Waals surface area contributed by atoms with Crippen molar-refractivity contribution in [2.45, 2.75) is 20.8 Å². The third-order valence-electron chi connectivity index (χ3n) is 2.54. The monoisotopic (exact) mass is 138 g/mol. The predicted molar refractivity (Wildman–Crippen MR) is 41.6 cm³/mol. The van der Waals surface area contributed by atoms with E-state index in [1.807, 2.05) is 13.0 Å². The van der Waals surface area contributed by atoms with E-state index in [0.29, 0.717) is 5.92 Å². The van der Waals surface area contributed by atoms with E-state index in [4.69, 9.17) is 0 Å². The molecule has 0 radical (unpaired) electrons. The molecule has 1 fully saturated rings. The van der Waals surface area contributed by atoms with E-state index in [2.05, 4.69) is 19.9 Å². The van der Waals surface area contributed by atoms with Gasteiger partial charge in [-0.05, 0) is 18.3 Å². The number of rotatable bonds is 2. The summed E-state index contributed by atoms with van der Waals surface area (Å²) in [6.07, 6.45) is 5.22. The van der Waals surface area contributed by atoms with Crippen LogP contribution in [0.1, 0.15) is 20.8 Å². The summed E-state index contributed by atoms with van der Waals surface area (Å²) in [5.74, 6) is 0.763. The van der Waals surface area contributed by atoms with Gasteiger partial charge < -0.3 is 4.79 Å². The Kier molecular flexibility index (Phi) is 1.67. The van der Waals surface area contributed by atoms with Gasteiger partial charge in [-0.2, -0.15) is 0 Å². The number of aldehydes is 1. The van der Waals surface area contributed by atoms with Crippen LogP contribution in [0, 0.1) is 17.3 Å². The van der Waals surface area contributed by atoms with Crippen molar-refractivity contribution < 1.29 is 4.79 Å². The SMILES string of the molecule is CC=C[C@H]1[C@H](C=O)C1(C)C. The lowest BCUT2D eigenvalue weighted by Crippen LogP contribution is -1.89. The molecule has 0 heterocycles. The summed E-state index contributed by atoms with van der Waals surface area (Å²) in [7, 11) is 0. The maximum Gasteiger partial charge on any atom is 0.124 e. The van der Waals surface area contributed by atoms with E-state index in [-0.39, 0.29) is 11.3 Å². The topological polar surface area (TPSA) is 17.1 Å². The quantitative estimate of drug-likeness (QED) is 0.421. The average molecular weight is 138 g/mol. The van der Waals surface area contributed by atoms with Crippen LogP contribution in [0.3, 0.4) is 0 Å². The first-order valence-electron chi connectivity index (χ1n) is 3.72. The van der Waals surface area contributed by atoms with Crippen molar-refractivity contribution in [2.24, 2.45) is 17.3 Å². The van der Waals surface area contributed by atoms with Gasteiger partial charge in [0, 0.05) is 5.92 Å². The Morgan fingerprint density at radius 1 is 1.30 bits per heavy atom. The third kappa shape index (κ3) is 0.898. The maximum atomic E-state index is 10.4. The molecule has 0 aliphatic heterocycles. The molecule has 0 unspecified atom stereocenters. The lowest BCUT2D eigenvalue weighted by atomic mass is 10.1. The second-order valence-corrected chi connectivity index (χ2v) is 3.53. The summed E-state index contributed by atoms with van der Waals surface area (Å²) in [6.45, 7) is 6.27. The molecule has 0 aromatic carbocycles. The van der Waals surface area contributed by atoms with Crippen molar-refractivity contribution in [3.05, 3.63) is 12.2 Å². The van der Waals surface area contributed by atoms with Crippen LogP contribution in [0.5, 0.6) is 0 Å². The van der Waals surface area contributed by atoms with Crippen LogP contribution in [0.15, 0.2) is 12.2 Å². The fourth-order valence-corrected chi connectivity index (χ4v) is 1.55. The Balaban J connectivity index is 2.61. The predicted octanol–water partition coefficient (Wildman–Crippen LogP) is 2.03. The summed E-state index contributed by atoms with van der Waals surface area (Å²) in [4.78, 5) is 10.4. The summed E-state index contributed by atoms with van der Waals surface area (Å²) in [5.41, 5.74) is 0.230. The largest absolute Gasteiger partial charge is 0.303 e. The van der Waals surface area contributed by atoms with Gasteiger partial charge in [-0.1, -0.05) is 26.0 Å². The van der Waals surface area contributed by atoms with Crippen molar-refractivity contribution >= 4 is 6.29 Å². The Morgan fingerprint density at radius 2 is 1.90 bits per heavy atom. The molecule has 1 saturated carbocycles. The smallest absolute Gasteiger partial charge is 0.124 e.